The van der Waals surface area contributed by atoms with Gasteiger partial charge in [-0.25, -0.2) is 13.1 Å². The first-order valence-corrected chi connectivity index (χ1v) is 7.32. The zero-order chi connectivity index (χ0) is 12.9. The van der Waals surface area contributed by atoms with E-state index in [4.69, 9.17) is 5.11 Å². The molecule has 1 rings (SSSR count). The van der Waals surface area contributed by atoms with Crippen molar-refractivity contribution >= 4 is 10.0 Å². The van der Waals surface area contributed by atoms with Gasteiger partial charge >= 0.3 is 0 Å². The van der Waals surface area contributed by atoms with Crippen molar-refractivity contribution in [1.82, 2.24) is 9.71 Å². The second kappa shape index (κ2) is 6.18. The van der Waals surface area contributed by atoms with Crippen molar-refractivity contribution in [3.05, 3.63) is 18.0 Å². The lowest BCUT2D eigenvalue weighted by molar-refractivity contribution is 0.277. The Balaban J connectivity index is 2.80. The van der Waals surface area contributed by atoms with Crippen LogP contribution in [0.15, 0.2) is 17.2 Å². The highest BCUT2D eigenvalue weighted by atomic mass is 32.2. The quantitative estimate of drug-likeness (QED) is 0.692. The van der Waals surface area contributed by atoms with Crippen molar-refractivity contribution in [1.29, 1.82) is 0 Å². The lowest BCUT2D eigenvalue weighted by atomic mass is 10.1. The fourth-order valence-corrected chi connectivity index (χ4v) is 3.02. The molecule has 0 aromatic carbocycles. The molecule has 5 nitrogen and oxygen atoms in total. The molecule has 1 aromatic rings. The van der Waals surface area contributed by atoms with Gasteiger partial charge in [0.1, 0.15) is 0 Å². The van der Waals surface area contributed by atoms with E-state index in [1.54, 1.807) is 0 Å². The molecule has 17 heavy (non-hydrogen) atoms. The van der Waals surface area contributed by atoms with Crippen LogP contribution in [0.1, 0.15) is 38.8 Å². The highest BCUT2D eigenvalue weighted by molar-refractivity contribution is 7.89. The van der Waals surface area contributed by atoms with Crippen molar-refractivity contribution in [2.45, 2.75) is 50.7 Å². The summed E-state index contributed by atoms with van der Waals surface area (Å²) in [7, 11) is -3.48. The summed E-state index contributed by atoms with van der Waals surface area (Å²) >= 11 is 0. The largest absolute Gasteiger partial charge is 0.390 e. The maximum atomic E-state index is 12.0. The first-order valence-electron chi connectivity index (χ1n) is 5.84. The van der Waals surface area contributed by atoms with Crippen LogP contribution in [0.3, 0.4) is 0 Å². The van der Waals surface area contributed by atoms with E-state index in [1.807, 2.05) is 13.8 Å². The zero-order valence-electron chi connectivity index (χ0n) is 10.2. The Kier molecular flexibility index (Phi) is 5.17. The van der Waals surface area contributed by atoms with Gasteiger partial charge in [0.25, 0.3) is 0 Å². The molecule has 6 heteroatoms. The molecule has 0 saturated heterocycles. The molecule has 0 aliphatic rings. The molecule has 0 saturated carbocycles. The molecule has 0 spiro atoms. The molecule has 0 radical (unpaired) electrons. The Bertz CT molecular complexity index is 439. The Morgan fingerprint density at radius 1 is 1.47 bits per heavy atom. The average molecular weight is 260 g/mol. The van der Waals surface area contributed by atoms with Gasteiger partial charge in [0.05, 0.1) is 11.5 Å². The highest BCUT2D eigenvalue weighted by Gasteiger charge is 2.19. The third kappa shape index (κ3) is 3.83. The Morgan fingerprint density at radius 3 is 2.65 bits per heavy atom. The van der Waals surface area contributed by atoms with Gasteiger partial charge in [-0.05, 0) is 18.9 Å². The van der Waals surface area contributed by atoms with Gasteiger partial charge in [-0.3, -0.25) is 0 Å². The minimum absolute atomic E-state index is 0.0301. The minimum atomic E-state index is -3.48. The number of rotatable bonds is 7. The van der Waals surface area contributed by atoms with Gasteiger partial charge in [0.15, 0.2) is 0 Å². The molecule has 1 heterocycles. The molecule has 1 atom stereocenters. The lowest BCUT2D eigenvalue weighted by Crippen LogP contribution is -2.34. The second-order valence-corrected chi connectivity index (χ2v) is 5.75. The van der Waals surface area contributed by atoms with Crippen molar-refractivity contribution < 1.29 is 13.5 Å². The van der Waals surface area contributed by atoms with Gasteiger partial charge < -0.3 is 10.1 Å². The number of aromatic amines is 1. The number of aliphatic hydroxyl groups excluding tert-OH is 1. The molecule has 0 bridgehead atoms. The summed E-state index contributed by atoms with van der Waals surface area (Å²) < 4.78 is 26.7. The molecule has 3 N–H and O–H groups in total. The Hall–Kier alpha value is -0.850. The summed E-state index contributed by atoms with van der Waals surface area (Å²) in [5, 5.41) is 8.88. The monoisotopic (exact) mass is 260 g/mol. The molecule has 0 aliphatic heterocycles. The van der Waals surface area contributed by atoms with Crippen LogP contribution in [-0.4, -0.2) is 24.6 Å². The standard InChI is InChI=1S/C11H20N2O3S/c1-3-5-9(4-2)13-17(15,16)11-6-10(8-14)12-7-11/h6-7,9,12-14H,3-5,8H2,1-2H3. The third-order valence-electron chi connectivity index (χ3n) is 2.65. The first kappa shape index (κ1) is 14.2. The van der Waals surface area contributed by atoms with Crippen molar-refractivity contribution in [3.63, 3.8) is 0 Å². The molecule has 1 aromatic heterocycles. The number of hydrogen-bond acceptors (Lipinski definition) is 3. The van der Waals surface area contributed by atoms with E-state index in [1.165, 1.54) is 12.3 Å². The van der Waals surface area contributed by atoms with Gasteiger partial charge in [0.2, 0.25) is 10.0 Å². The number of nitrogens with one attached hydrogen (secondary N) is 2. The van der Waals surface area contributed by atoms with Gasteiger partial charge in [-0.1, -0.05) is 20.3 Å². The Labute approximate surface area is 102 Å². The highest BCUT2D eigenvalue weighted by Crippen LogP contribution is 2.13. The van der Waals surface area contributed by atoms with E-state index in [0.717, 1.165) is 19.3 Å². The van der Waals surface area contributed by atoms with Crippen LogP contribution in [0.2, 0.25) is 0 Å². The van der Waals surface area contributed by atoms with E-state index in [9.17, 15) is 8.42 Å². The number of aromatic nitrogens is 1. The molecule has 0 aliphatic carbocycles. The smallest absolute Gasteiger partial charge is 0.242 e. The summed E-state index contributed by atoms with van der Waals surface area (Å²) in [5.41, 5.74) is 0.494. The minimum Gasteiger partial charge on any atom is -0.390 e. The maximum Gasteiger partial charge on any atom is 0.242 e. The molecule has 0 fully saturated rings. The molecular weight excluding hydrogens is 240 g/mol. The summed E-state index contributed by atoms with van der Waals surface area (Å²) in [6.07, 6.45) is 3.93. The van der Waals surface area contributed by atoms with Crippen LogP contribution in [-0.2, 0) is 16.6 Å². The Morgan fingerprint density at radius 2 is 2.18 bits per heavy atom. The first-order chi connectivity index (χ1) is 8.03. The van der Waals surface area contributed by atoms with Crippen molar-refractivity contribution in [2.75, 3.05) is 0 Å². The number of aliphatic hydroxyl groups is 1. The molecule has 98 valence electrons. The van der Waals surface area contributed by atoms with Crippen molar-refractivity contribution in [3.8, 4) is 0 Å². The predicted octanol–water partition coefficient (Wildman–Crippen LogP) is 1.36. The van der Waals surface area contributed by atoms with Crippen molar-refractivity contribution in [2.24, 2.45) is 0 Å². The van der Waals surface area contributed by atoms with Crippen LogP contribution in [0.5, 0.6) is 0 Å². The SMILES string of the molecule is CCCC(CC)NS(=O)(=O)c1c[nH]c(CO)c1. The summed E-state index contributed by atoms with van der Waals surface area (Å²) in [5.74, 6) is 0. The summed E-state index contributed by atoms with van der Waals surface area (Å²) in [6, 6.07) is 1.42. The van der Waals surface area contributed by atoms with Crippen LogP contribution >= 0.6 is 0 Å². The van der Waals surface area contributed by atoms with E-state index in [0.29, 0.717) is 5.69 Å². The fraction of sp³-hybridized carbons (Fsp3) is 0.636. The number of hydrogen-bond donors (Lipinski definition) is 3. The predicted molar refractivity (Wildman–Crippen MR) is 66.0 cm³/mol. The average Bonchev–Trinajstić information content (AvgIpc) is 2.77. The molecule has 1 unspecified atom stereocenters. The van der Waals surface area contributed by atoms with Crippen LogP contribution in [0.4, 0.5) is 0 Å². The van der Waals surface area contributed by atoms with Crippen LogP contribution in [0, 0.1) is 0 Å². The van der Waals surface area contributed by atoms with Gasteiger partial charge in [0, 0.05) is 17.9 Å². The zero-order valence-corrected chi connectivity index (χ0v) is 11.0. The number of H-pyrrole nitrogens is 1. The normalized spacial score (nSPS) is 13.8. The fourth-order valence-electron chi connectivity index (χ4n) is 1.65. The van der Waals surface area contributed by atoms with E-state index in [2.05, 4.69) is 9.71 Å². The maximum absolute atomic E-state index is 12.0. The topological polar surface area (TPSA) is 82.2 Å². The second-order valence-electron chi connectivity index (χ2n) is 4.03. The molecular formula is C11H20N2O3S. The van der Waals surface area contributed by atoms with E-state index >= 15 is 0 Å². The summed E-state index contributed by atoms with van der Waals surface area (Å²) in [6.45, 7) is 3.79. The van der Waals surface area contributed by atoms with Gasteiger partial charge in [-0.2, -0.15) is 0 Å². The van der Waals surface area contributed by atoms with E-state index < -0.39 is 10.0 Å². The van der Waals surface area contributed by atoms with Crippen LogP contribution < -0.4 is 4.72 Å². The van der Waals surface area contributed by atoms with Crippen LogP contribution in [0.25, 0.3) is 0 Å². The number of sulfonamides is 1. The van der Waals surface area contributed by atoms with E-state index in [-0.39, 0.29) is 17.5 Å². The summed E-state index contributed by atoms with van der Waals surface area (Å²) in [4.78, 5) is 2.89. The van der Waals surface area contributed by atoms with Gasteiger partial charge in [-0.15, -0.1) is 0 Å². The lowest BCUT2D eigenvalue weighted by Gasteiger charge is -2.15. The molecule has 0 amide bonds. The third-order valence-corrected chi connectivity index (χ3v) is 4.15.